The molecule has 1 rings (SSSR count). The quantitative estimate of drug-likeness (QED) is 0.407. The van der Waals surface area contributed by atoms with Gasteiger partial charge in [0.05, 0.1) is 5.57 Å². The van der Waals surface area contributed by atoms with E-state index in [0.29, 0.717) is 5.57 Å². The van der Waals surface area contributed by atoms with Crippen LogP contribution in [0.1, 0.15) is 71.1 Å². The van der Waals surface area contributed by atoms with Crippen LogP contribution in [0.25, 0.3) is 0 Å². The second kappa shape index (κ2) is 11.5. The van der Waals surface area contributed by atoms with Gasteiger partial charge in [-0.3, -0.25) is 4.79 Å². The highest BCUT2D eigenvalue weighted by atomic mass is 16.1. The third-order valence-corrected chi connectivity index (χ3v) is 3.66. The number of nitrogens with one attached hydrogen (secondary N) is 1. The summed E-state index contributed by atoms with van der Waals surface area (Å²) in [5.41, 5.74) is 3.56. The number of unbranched alkanes of at least 4 members (excludes halogenated alkanes) is 9. The summed E-state index contributed by atoms with van der Waals surface area (Å²) >= 11 is 0. The van der Waals surface area contributed by atoms with Crippen molar-refractivity contribution in [2.45, 2.75) is 71.1 Å². The Labute approximate surface area is 124 Å². The van der Waals surface area contributed by atoms with Crippen LogP contribution in [0.3, 0.4) is 0 Å². The molecule has 0 aliphatic heterocycles. The summed E-state index contributed by atoms with van der Waals surface area (Å²) in [6.45, 7) is 3.04. The summed E-state index contributed by atoms with van der Waals surface area (Å²) < 4.78 is 0. The number of hydrogen-bond acceptors (Lipinski definition) is 1. The molecular formula is C18H29NO. The molecule has 0 aromatic heterocycles. The van der Waals surface area contributed by atoms with Crippen LogP contribution in [0.2, 0.25) is 0 Å². The molecule has 0 heterocycles. The monoisotopic (exact) mass is 275 g/mol. The molecule has 1 aliphatic rings. The van der Waals surface area contributed by atoms with Crippen molar-refractivity contribution in [1.29, 1.82) is 0 Å². The lowest BCUT2D eigenvalue weighted by atomic mass is 10.1. The van der Waals surface area contributed by atoms with E-state index >= 15 is 0 Å². The topological polar surface area (TPSA) is 29.1 Å². The van der Waals surface area contributed by atoms with Crippen LogP contribution in [0.15, 0.2) is 29.5 Å². The summed E-state index contributed by atoms with van der Waals surface area (Å²) in [7, 11) is 0. The van der Waals surface area contributed by atoms with Crippen molar-refractivity contribution in [2.24, 2.45) is 0 Å². The van der Waals surface area contributed by atoms with Gasteiger partial charge in [-0.2, -0.15) is 0 Å². The summed E-state index contributed by atoms with van der Waals surface area (Å²) in [5.74, 6) is 0.00549. The van der Waals surface area contributed by atoms with E-state index in [1.807, 2.05) is 6.08 Å². The van der Waals surface area contributed by atoms with Gasteiger partial charge in [0, 0.05) is 6.54 Å². The molecule has 0 saturated heterocycles. The molecule has 2 nitrogen and oxygen atoms in total. The average molecular weight is 275 g/mol. The first-order chi connectivity index (χ1) is 9.84. The van der Waals surface area contributed by atoms with E-state index in [2.05, 4.69) is 18.0 Å². The molecule has 1 N–H and O–H groups in total. The molecule has 0 radical (unpaired) electrons. The van der Waals surface area contributed by atoms with Crippen molar-refractivity contribution in [3.05, 3.63) is 29.5 Å². The van der Waals surface area contributed by atoms with Gasteiger partial charge in [-0.15, -0.1) is 5.73 Å². The highest BCUT2D eigenvalue weighted by molar-refractivity contribution is 5.96. The normalized spacial score (nSPS) is 12.8. The highest BCUT2D eigenvalue weighted by Gasteiger charge is 2.05. The zero-order chi connectivity index (χ0) is 14.5. The van der Waals surface area contributed by atoms with E-state index in [1.54, 1.807) is 12.2 Å². The van der Waals surface area contributed by atoms with Crippen molar-refractivity contribution in [3.8, 4) is 0 Å². The minimum Gasteiger partial charge on any atom is -0.352 e. The van der Waals surface area contributed by atoms with Crippen LogP contribution >= 0.6 is 0 Å². The van der Waals surface area contributed by atoms with Gasteiger partial charge in [0.25, 0.3) is 5.91 Å². The molecule has 2 heteroatoms. The Morgan fingerprint density at radius 2 is 1.60 bits per heavy atom. The molecule has 0 saturated carbocycles. The van der Waals surface area contributed by atoms with E-state index in [-0.39, 0.29) is 5.91 Å². The second-order valence-corrected chi connectivity index (χ2v) is 5.52. The Morgan fingerprint density at radius 1 is 1.00 bits per heavy atom. The molecular weight excluding hydrogens is 246 g/mol. The molecule has 0 spiro atoms. The van der Waals surface area contributed by atoms with Crippen LogP contribution < -0.4 is 5.32 Å². The van der Waals surface area contributed by atoms with E-state index in [9.17, 15) is 4.79 Å². The van der Waals surface area contributed by atoms with Crippen LogP contribution in [0.5, 0.6) is 0 Å². The smallest absolute Gasteiger partial charge is 0.259 e. The van der Waals surface area contributed by atoms with Gasteiger partial charge in [-0.05, 0) is 18.6 Å². The van der Waals surface area contributed by atoms with Crippen molar-refractivity contribution in [2.75, 3.05) is 6.54 Å². The summed E-state index contributed by atoms with van der Waals surface area (Å²) in [6.07, 6.45) is 18.7. The van der Waals surface area contributed by atoms with Gasteiger partial charge >= 0.3 is 0 Å². The Balaban J connectivity index is 1.82. The fourth-order valence-corrected chi connectivity index (χ4v) is 2.38. The number of carbonyl (C=O) groups is 1. The van der Waals surface area contributed by atoms with Gasteiger partial charge in [-0.1, -0.05) is 70.8 Å². The van der Waals surface area contributed by atoms with Crippen LogP contribution in [0, 0.1) is 0 Å². The Bertz CT molecular complexity index is 362. The molecule has 0 aromatic carbocycles. The Kier molecular flexibility index (Phi) is 9.69. The Hall–Kier alpha value is -1.27. The molecule has 0 aromatic rings. The number of hydrogen-bond donors (Lipinski definition) is 1. The molecule has 112 valence electrons. The minimum absolute atomic E-state index is 0.00549. The zero-order valence-electron chi connectivity index (χ0n) is 12.9. The van der Waals surface area contributed by atoms with Crippen molar-refractivity contribution >= 4 is 5.91 Å². The first-order valence-electron chi connectivity index (χ1n) is 8.26. The number of amides is 1. The second-order valence-electron chi connectivity index (χ2n) is 5.52. The van der Waals surface area contributed by atoms with Gasteiger partial charge in [0.1, 0.15) is 0 Å². The maximum Gasteiger partial charge on any atom is 0.259 e. The van der Waals surface area contributed by atoms with E-state index in [4.69, 9.17) is 0 Å². The summed E-state index contributed by atoms with van der Waals surface area (Å²) in [5, 5.41) is 2.94. The SMILES string of the molecule is CCCCCCCCCCCCNC(=O)C1=C=CC=C1. The van der Waals surface area contributed by atoms with Gasteiger partial charge in [0.2, 0.25) is 0 Å². The fraction of sp³-hybridized carbons (Fsp3) is 0.667. The molecule has 0 fully saturated rings. The lowest BCUT2D eigenvalue weighted by Gasteiger charge is -2.04. The van der Waals surface area contributed by atoms with Gasteiger partial charge < -0.3 is 5.32 Å². The summed E-state index contributed by atoms with van der Waals surface area (Å²) in [6, 6.07) is 0. The lowest BCUT2D eigenvalue weighted by Crippen LogP contribution is -2.24. The molecule has 0 atom stereocenters. The number of allylic oxidation sites excluding steroid dienone is 1. The third-order valence-electron chi connectivity index (χ3n) is 3.66. The predicted octanol–water partition coefficient (Wildman–Crippen LogP) is 4.67. The van der Waals surface area contributed by atoms with Gasteiger partial charge in [-0.25, -0.2) is 0 Å². The van der Waals surface area contributed by atoms with E-state index in [1.165, 1.54) is 57.8 Å². The van der Waals surface area contributed by atoms with Crippen LogP contribution in [-0.4, -0.2) is 12.5 Å². The van der Waals surface area contributed by atoms with Gasteiger partial charge in [0.15, 0.2) is 0 Å². The molecule has 0 unspecified atom stereocenters. The maximum absolute atomic E-state index is 11.6. The van der Waals surface area contributed by atoms with E-state index < -0.39 is 0 Å². The maximum atomic E-state index is 11.6. The summed E-state index contributed by atoms with van der Waals surface area (Å²) in [4.78, 5) is 11.6. The minimum atomic E-state index is 0.00549. The zero-order valence-corrected chi connectivity index (χ0v) is 12.9. The molecule has 0 bridgehead atoms. The number of rotatable bonds is 12. The van der Waals surface area contributed by atoms with Crippen molar-refractivity contribution < 1.29 is 4.79 Å². The highest BCUT2D eigenvalue weighted by Crippen LogP contribution is 2.10. The Morgan fingerprint density at radius 3 is 2.15 bits per heavy atom. The molecule has 1 aliphatic carbocycles. The fourth-order valence-electron chi connectivity index (χ4n) is 2.38. The number of carbonyl (C=O) groups excluding carboxylic acids is 1. The van der Waals surface area contributed by atoms with E-state index in [0.717, 1.165) is 13.0 Å². The standard InChI is InChI=1S/C18H29NO/c1-2-3-4-5-6-7-8-9-10-13-16-19-18(20)17-14-11-12-15-17/h11-12,14H,2-10,13,16H2,1H3,(H,19,20). The van der Waals surface area contributed by atoms with Crippen molar-refractivity contribution in [3.63, 3.8) is 0 Å². The van der Waals surface area contributed by atoms with Crippen molar-refractivity contribution in [1.82, 2.24) is 5.32 Å². The lowest BCUT2D eigenvalue weighted by molar-refractivity contribution is -0.117. The predicted molar refractivity (Wildman–Crippen MR) is 85.6 cm³/mol. The largest absolute Gasteiger partial charge is 0.352 e. The molecule has 20 heavy (non-hydrogen) atoms. The van der Waals surface area contributed by atoms with Crippen LogP contribution in [0.4, 0.5) is 0 Å². The first kappa shape index (κ1) is 16.8. The molecule has 1 amide bonds. The average Bonchev–Trinajstić information content (AvgIpc) is 2.99. The van der Waals surface area contributed by atoms with Crippen LogP contribution in [-0.2, 0) is 4.79 Å². The first-order valence-corrected chi connectivity index (χ1v) is 8.26. The third kappa shape index (κ3) is 8.01.